The largest absolute Gasteiger partial charge is 0.292 e. The minimum atomic E-state index is -2.65. The van der Waals surface area contributed by atoms with Crippen LogP contribution in [0.4, 0.5) is 8.78 Å². The summed E-state index contributed by atoms with van der Waals surface area (Å²) in [6.07, 6.45) is 3.35. The van der Waals surface area contributed by atoms with Gasteiger partial charge in [-0.2, -0.15) is 10.1 Å². The van der Waals surface area contributed by atoms with Gasteiger partial charge in [-0.05, 0) is 57.4 Å². The van der Waals surface area contributed by atoms with Gasteiger partial charge in [0.2, 0.25) is 0 Å². The zero-order chi connectivity index (χ0) is 21.7. The highest BCUT2D eigenvalue weighted by molar-refractivity contribution is 5.37. The fourth-order valence-electron chi connectivity index (χ4n) is 4.48. The predicted octanol–water partition coefficient (Wildman–Crippen LogP) is 4.75. The molecule has 0 spiro atoms. The maximum Gasteiger partial charge on any atom is 0.280 e. The van der Waals surface area contributed by atoms with Gasteiger partial charge in [-0.25, -0.2) is 18.3 Å². The molecule has 2 atom stereocenters. The van der Waals surface area contributed by atoms with E-state index in [0.717, 1.165) is 17.8 Å². The number of alkyl halides is 2. The number of hydrogen-bond acceptors (Lipinski definition) is 5. The number of nitrogens with zero attached hydrogens (tertiary/aromatic N) is 6. The summed E-state index contributed by atoms with van der Waals surface area (Å²) in [7, 11) is 0. The Kier molecular flexibility index (Phi) is 5.04. The summed E-state index contributed by atoms with van der Waals surface area (Å²) < 4.78 is 28.5. The molecular formula is C23H26F2N6. The van der Waals surface area contributed by atoms with Crippen LogP contribution in [0.15, 0.2) is 36.2 Å². The van der Waals surface area contributed by atoms with Crippen LogP contribution in [0.5, 0.6) is 0 Å². The molecule has 2 aliphatic rings. The van der Waals surface area contributed by atoms with Gasteiger partial charge in [0.15, 0.2) is 0 Å². The Hall–Kier alpha value is -2.74. The van der Waals surface area contributed by atoms with Crippen molar-refractivity contribution in [1.29, 1.82) is 0 Å². The van der Waals surface area contributed by atoms with Gasteiger partial charge in [0.25, 0.3) is 12.2 Å². The van der Waals surface area contributed by atoms with E-state index in [0.29, 0.717) is 18.2 Å². The van der Waals surface area contributed by atoms with Gasteiger partial charge in [0.1, 0.15) is 12.0 Å². The highest BCUT2D eigenvalue weighted by Crippen LogP contribution is 2.40. The van der Waals surface area contributed by atoms with Crippen molar-refractivity contribution in [3.63, 3.8) is 0 Å². The molecule has 1 saturated carbocycles. The lowest BCUT2D eigenvalue weighted by Crippen LogP contribution is -2.36. The Morgan fingerprint density at radius 1 is 1.10 bits per heavy atom. The van der Waals surface area contributed by atoms with Crippen molar-refractivity contribution in [2.45, 2.75) is 57.9 Å². The highest BCUT2D eigenvalue weighted by atomic mass is 19.3. The zero-order valence-electron chi connectivity index (χ0n) is 18.0. The minimum Gasteiger partial charge on any atom is -0.292 e. The topological polar surface area (TPSA) is 59.2 Å². The van der Waals surface area contributed by atoms with Crippen molar-refractivity contribution < 1.29 is 8.78 Å². The molecule has 1 aliphatic carbocycles. The molecule has 1 fully saturated rings. The molecule has 6 nitrogen and oxygen atoms in total. The molecule has 31 heavy (non-hydrogen) atoms. The Bertz CT molecular complexity index is 1150. The Morgan fingerprint density at radius 3 is 2.65 bits per heavy atom. The van der Waals surface area contributed by atoms with E-state index in [1.165, 1.54) is 36.5 Å². The second-order valence-corrected chi connectivity index (χ2v) is 8.75. The van der Waals surface area contributed by atoms with E-state index in [4.69, 9.17) is 4.98 Å². The lowest BCUT2D eigenvalue weighted by atomic mass is 9.90. The standard InChI is InChI=1S/C23H26F2N6/c1-13-6-7-30(15(3)17-8-14(2)28-19(9-17)16-4-5-16)11-18(13)21-10-20(22(24)25)29-23-26-12-27-31(21)23/h6,8-10,12,15-16,18,22H,4-5,7,11H2,1-3H3/t15-,18-/m1/s1. The third-order valence-electron chi connectivity index (χ3n) is 6.52. The van der Waals surface area contributed by atoms with Gasteiger partial charge < -0.3 is 0 Å². The number of halogens is 2. The molecule has 0 aromatic carbocycles. The van der Waals surface area contributed by atoms with Gasteiger partial charge in [0, 0.05) is 42.4 Å². The Balaban J connectivity index is 1.48. The maximum absolute atomic E-state index is 13.5. The molecule has 162 valence electrons. The SMILES string of the molecule is CC1=CCN([C@H](C)c2cc(C)nc(C3CC3)c2)C[C@H]1c1cc(C(F)F)nc2ncnn12. The van der Waals surface area contributed by atoms with E-state index in [-0.39, 0.29) is 23.4 Å². The van der Waals surface area contributed by atoms with Crippen LogP contribution in [0, 0.1) is 6.92 Å². The third-order valence-corrected chi connectivity index (χ3v) is 6.52. The summed E-state index contributed by atoms with van der Waals surface area (Å²) in [6.45, 7) is 7.84. The van der Waals surface area contributed by atoms with E-state index in [2.05, 4.69) is 58.9 Å². The second-order valence-electron chi connectivity index (χ2n) is 8.75. The third kappa shape index (κ3) is 3.84. The summed E-state index contributed by atoms with van der Waals surface area (Å²) >= 11 is 0. The van der Waals surface area contributed by atoms with E-state index in [1.807, 2.05) is 0 Å². The average molecular weight is 424 g/mol. The first-order chi connectivity index (χ1) is 14.9. The Morgan fingerprint density at radius 2 is 1.90 bits per heavy atom. The number of hydrogen-bond donors (Lipinski definition) is 0. The van der Waals surface area contributed by atoms with Crippen molar-refractivity contribution in [3.8, 4) is 0 Å². The van der Waals surface area contributed by atoms with Crippen LogP contribution in [-0.4, -0.2) is 42.6 Å². The monoisotopic (exact) mass is 424 g/mol. The first-order valence-electron chi connectivity index (χ1n) is 10.8. The first kappa shape index (κ1) is 20.2. The van der Waals surface area contributed by atoms with E-state index in [9.17, 15) is 8.78 Å². The van der Waals surface area contributed by atoms with Crippen molar-refractivity contribution in [3.05, 3.63) is 64.5 Å². The summed E-state index contributed by atoms with van der Waals surface area (Å²) in [6, 6.07) is 6.07. The molecule has 3 aromatic rings. The molecule has 0 unspecified atom stereocenters. The van der Waals surface area contributed by atoms with E-state index in [1.54, 1.807) is 4.52 Å². The smallest absolute Gasteiger partial charge is 0.280 e. The van der Waals surface area contributed by atoms with Crippen molar-refractivity contribution in [2.75, 3.05) is 13.1 Å². The molecule has 0 saturated heterocycles. The number of fused-ring (bicyclic) bond motifs is 1. The molecule has 0 bridgehead atoms. The predicted molar refractivity (Wildman–Crippen MR) is 113 cm³/mol. The number of rotatable bonds is 5. The summed E-state index contributed by atoms with van der Waals surface area (Å²) in [5.74, 6) is 0.753. The van der Waals surface area contributed by atoms with Crippen LogP contribution in [0.1, 0.15) is 79.3 Å². The number of pyridine rings is 1. The molecule has 1 aliphatic heterocycles. The summed E-state index contributed by atoms with van der Waals surface area (Å²) in [4.78, 5) is 15.1. The number of aromatic nitrogens is 5. The van der Waals surface area contributed by atoms with Crippen LogP contribution in [-0.2, 0) is 0 Å². The highest BCUT2D eigenvalue weighted by Gasteiger charge is 2.30. The fraction of sp³-hybridized carbons (Fsp3) is 0.478. The van der Waals surface area contributed by atoms with Crippen LogP contribution in [0.3, 0.4) is 0 Å². The van der Waals surface area contributed by atoms with Crippen molar-refractivity contribution in [2.24, 2.45) is 0 Å². The molecule has 3 aromatic heterocycles. The molecule has 0 N–H and O–H groups in total. The maximum atomic E-state index is 13.5. The van der Waals surface area contributed by atoms with E-state index < -0.39 is 6.43 Å². The molecule has 4 heterocycles. The van der Waals surface area contributed by atoms with E-state index >= 15 is 0 Å². The Labute approximate surface area is 180 Å². The molecule has 0 radical (unpaired) electrons. The molecule has 5 rings (SSSR count). The molecule has 8 heteroatoms. The summed E-state index contributed by atoms with van der Waals surface area (Å²) in [5.41, 5.74) is 5.10. The second kappa shape index (κ2) is 7.75. The van der Waals surface area contributed by atoms with Crippen LogP contribution in [0.2, 0.25) is 0 Å². The fourth-order valence-corrected chi connectivity index (χ4v) is 4.48. The van der Waals surface area contributed by atoms with Crippen LogP contribution < -0.4 is 0 Å². The summed E-state index contributed by atoms with van der Waals surface area (Å²) in [5, 5.41) is 4.25. The van der Waals surface area contributed by atoms with Gasteiger partial charge in [-0.3, -0.25) is 9.88 Å². The lowest BCUT2D eigenvalue weighted by Gasteiger charge is -2.36. The van der Waals surface area contributed by atoms with Crippen molar-refractivity contribution >= 4 is 5.78 Å². The van der Waals surface area contributed by atoms with Crippen molar-refractivity contribution in [1.82, 2.24) is 29.5 Å². The minimum absolute atomic E-state index is 0.0632. The van der Waals surface area contributed by atoms with Crippen LogP contribution in [0.25, 0.3) is 5.78 Å². The van der Waals surface area contributed by atoms with Gasteiger partial charge in [-0.15, -0.1) is 0 Å². The average Bonchev–Trinajstić information content (AvgIpc) is 3.49. The zero-order valence-corrected chi connectivity index (χ0v) is 18.0. The van der Waals surface area contributed by atoms with Gasteiger partial charge in [0.05, 0.1) is 5.69 Å². The van der Waals surface area contributed by atoms with Gasteiger partial charge in [-0.1, -0.05) is 11.6 Å². The number of aryl methyl sites for hydroxylation is 1. The first-order valence-corrected chi connectivity index (χ1v) is 10.8. The van der Waals surface area contributed by atoms with Crippen LogP contribution >= 0.6 is 0 Å². The molecule has 0 amide bonds. The van der Waals surface area contributed by atoms with Gasteiger partial charge >= 0.3 is 0 Å². The lowest BCUT2D eigenvalue weighted by molar-refractivity contribution is 0.145. The quantitative estimate of drug-likeness (QED) is 0.553. The normalized spacial score (nSPS) is 21.0. The molecular weight excluding hydrogens is 398 g/mol.